The van der Waals surface area contributed by atoms with E-state index < -0.39 is 57.7 Å². The van der Waals surface area contributed by atoms with Gasteiger partial charge in [0.25, 0.3) is 0 Å². The first-order valence-electron chi connectivity index (χ1n) is 6.23. The summed E-state index contributed by atoms with van der Waals surface area (Å²) in [5.41, 5.74) is 3.67. The molecule has 0 fully saturated rings. The summed E-state index contributed by atoms with van der Waals surface area (Å²) in [5.74, 6) is -9.65. The Morgan fingerprint density at radius 2 is 1.61 bits per heavy atom. The molecule has 0 spiro atoms. The molecule has 0 aliphatic heterocycles. The van der Waals surface area contributed by atoms with Crippen molar-refractivity contribution in [1.82, 2.24) is 0 Å². The molecule has 2 aromatic carbocycles. The lowest BCUT2D eigenvalue weighted by molar-refractivity contribution is 0.0975. The summed E-state index contributed by atoms with van der Waals surface area (Å²) >= 11 is 0. The van der Waals surface area contributed by atoms with Gasteiger partial charge in [-0.15, -0.1) is 0 Å². The van der Waals surface area contributed by atoms with Gasteiger partial charge in [0.15, 0.2) is 5.78 Å². The SMILES string of the molecule is N=C(N)C(C(=O)c1ccc(F)cc1F)c1c(F)cc(O)cc1F. The van der Waals surface area contributed by atoms with E-state index in [1.807, 2.05) is 0 Å². The second-order valence-corrected chi connectivity index (χ2v) is 4.70. The quantitative estimate of drug-likeness (QED) is 0.349. The minimum Gasteiger partial charge on any atom is -0.508 e. The molecule has 4 nitrogen and oxygen atoms in total. The number of carbonyl (C=O) groups is 1. The van der Waals surface area contributed by atoms with E-state index in [0.717, 1.165) is 12.1 Å². The molecule has 23 heavy (non-hydrogen) atoms. The van der Waals surface area contributed by atoms with Crippen LogP contribution in [0.3, 0.4) is 0 Å². The monoisotopic (exact) mass is 326 g/mol. The number of hydrogen-bond donors (Lipinski definition) is 3. The van der Waals surface area contributed by atoms with Crippen LogP contribution in [0.15, 0.2) is 30.3 Å². The van der Waals surface area contributed by atoms with Crippen LogP contribution in [0.25, 0.3) is 0 Å². The standard InChI is InChI=1S/C15H10F4N2O2/c16-6-1-2-8(9(17)3-6)14(23)13(15(20)21)12-10(18)4-7(22)5-11(12)19/h1-5,13,22H,(H3,20,21). The van der Waals surface area contributed by atoms with Crippen molar-refractivity contribution in [1.29, 1.82) is 5.41 Å². The van der Waals surface area contributed by atoms with Crippen molar-refractivity contribution in [3.05, 3.63) is 64.7 Å². The van der Waals surface area contributed by atoms with Crippen LogP contribution < -0.4 is 5.73 Å². The van der Waals surface area contributed by atoms with Crippen molar-refractivity contribution >= 4 is 11.6 Å². The zero-order valence-electron chi connectivity index (χ0n) is 11.4. The topological polar surface area (TPSA) is 87.2 Å². The Hall–Kier alpha value is -2.90. The van der Waals surface area contributed by atoms with Gasteiger partial charge in [-0.3, -0.25) is 10.2 Å². The highest BCUT2D eigenvalue weighted by molar-refractivity contribution is 6.14. The second-order valence-electron chi connectivity index (χ2n) is 4.70. The fourth-order valence-corrected chi connectivity index (χ4v) is 2.12. The number of nitrogens with two attached hydrogens (primary N) is 1. The highest BCUT2D eigenvalue weighted by Crippen LogP contribution is 2.30. The average molecular weight is 326 g/mol. The smallest absolute Gasteiger partial charge is 0.180 e. The molecule has 1 atom stereocenters. The lowest BCUT2D eigenvalue weighted by Crippen LogP contribution is -2.30. The van der Waals surface area contributed by atoms with Crippen LogP contribution in [0.4, 0.5) is 17.6 Å². The minimum absolute atomic E-state index is 0.425. The number of benzene rings is 2. The first kappa shape index (κ1) is 16.5. The second kappa shape index (κ2) is 6.07. The predicted molar refractivity (Wildman–Crippen MR) is 73.4 cm³/mol. The molecule has 8 heteroatoms. The molecule has 1 unspecified atom stereocenters. The maximum absolute atomic E-state index is 13.9. The van der Waals surface area contributed by atoms with Crippen molar-refractivity contribution < 1.29 is 27.5 Å². The molecular weight excluding hydrogens is 316 g/mol. The van der Waals surface area contributed by atoms with Gasteiger partial charge in [0.2, 0.25) is 0 Å². The predicted octanol–water partition coefficient (Wildman–Crippen LogP) is 2.85. The summed E-state index contributed by atoms with van der Waals surface area (Å²) < 4.78 is 54.4. The third-order valence-electron chi connectivity index (χ3n) is 3.12. The van der Waals surface area contributed by atoms with E-state index >= 15 is 0 Å². The molecule has 0 bridgehead atoms. The minimum atomic E-state index is -1.95. The van der Waals surface area contributed by atoms with Crippen LogP contribution in [0, 0.1) is 28.7 Å². The van der Waals surface area contributed by atoms with E-state index in [1.54, 1.807) is 0 Å². The van der Waals surface area contributed by atoms with E-state index in [2.05, 4.69) is 0 Å². The maximum Gasteiger partial charge on any atom is 0.180 e. The summed E-state index contributed by atoms with van der Waals surface area (Å²) in [6, 6.07) is 3.06. The van der Waals surface area contributed by atoms with Crippen LogP contribution in [0.2, 0.25) is 0 Å². The molecule has 0 saturated carbocycles. The van der Waals surface area contributed by atoms with Gasteiger partial charge in [0.05, 0.1) is 5.56 Å². The average Bonchev–Trinajstić information content (AvgIpc) is 2.41. The Balaban J connectivity index is 2.60. The van der Waals surface area contributed by atoms with Gasteiger partial charge in [-0.25, -0.2) is 17.6 Å². The summed E-state index contributed by atoms with van der Waals surface area (Å²) in [4.78, 5) is 12.3. The normalized spacial score (nSPS) is 12.0. The van der Waals surface area contributed by atoms with E-state index in [4.69, 9.17) is 16.2 Å². The number of phenols is 1. The van der Waals surface area contributed by atoms with E-state index in [9.17, 15) is 22.4 Å². The number of ketones is 1. The van der Waals surface area contributed by atoms with Gasteiger partial charge in [-0.05, 0) is 12.1 Å². The van der Waals surface area contributed by atoms with Crippen LogP contribution in [0.1, 0.15) is 21.8 Å². The van der Waals surface area contributed by atoms with Crippen molar-refractivity contribution in [3.63, 3.8) is 0 Å². The number of amidine groups is 1. The van der Waals surface area contributed by atoms with E-state index in [0.29, 0.717) is 18.2 Å². The largest absolute Gasteiger partial charge is 0.508 e. The third-order valence-corrected chi connectivity index (χ3v) is 3.12. The fraction of sp³-hybridized carbons (Fsp3) is 0.0667. The zero-order valence-corrected chi connectivity index (χ0v) is 11.4. The highest BCUT2D eigenvalue weighted by Gasteiger charge is 2.32. The Kier molecular flexibility index (Phi) is 4.35. The summed E-state index contributed by atoms with van der Waals surface area (Å²) in [5, 5.41) is 16.5. The first-order valence-corrected chi connectivity index (χ1v) is 6.23. The molecule has 0 aliphatic carbocycles. The number of aromatic hydroxyl groups is 1. The van der Waals surface area contributed by atoms with Crippen molar-refractivity contribution in [2.75, 3.05) is 0 Å². The van der Waals surface area contributed by atoms with Crippen LogP contribution >= 0.6 is 0 Å². The first-order chi connectivity index (χ1) is 10.7. The van der Waals surface area contributed by atoms with Gasteiger partial charge in [0, 0.05) is 23.8 Å². The Bertz CT molecular complexity index is 785. The lowest BCUT2D eigenvalue weighted by atomic mass is 9.88. The van der Waals surface area contributed by atoms with E-state index in [1.165, 1.54) is 0 Å². The fourth-order valence-electron chi connectivity index (χ4n) is 2.12. The zero-order chi connectivity index (χ0) is 17.3. The van der Waals surface area contributed by atoms with Crippen LogP contribution in [0.5, 0.6) is 5.75 Å². The third kappa shape index (κ3) is 3.15. The number of phenolic OH excluding ortho intramolecular Hbond substituents is 1. The molecule has 0 saturated heterocycles. The summed E-state index contributed by atoms with van der Waals surface area (Å²) in [6.07, 6.45) is 0. The molecule has 120 valence electrons. The van der Waals surface area contributed by atoms with Gasteiger partial charge < -0.3 is 10.8 Å². The summed E-state index contributed by atoms with van der Waals surface area (Å²) in [7, 11) is 0. The van der Waals surface area contributed by atoms with Gasteiger partial charge >= 0.3 is 0 Å². The van der Waals surface area contributed by atoms with Crippen LogP contribution in [-0.4, -0.2) is 16.7 Å². The number of halogens is 4. The van der Waals surface area contributed by atoms with Gasteiger partial charge in [-0.1, -0.05) is 0 Å². The van der Waals surface area contributed by atoms with Crippen molar-refractivity contribution in [3.8, 4) is 5.75 Å². The number of carbonyl (C=O) groups excluding carboxylic acids is 1. The lowest BCUT2D eigenvalue weighted by Gasteiger charge is -2.17. The molecule has 0 aromatic heterocycles. The van der Waals surface area contributed by atoms with Crippen LogP contribution in [-0.2, 0) is 0 Å². The number of nitrogens with one attached hydrogen (secondary N) is 1. The molecular formula is C15H10F4N2O2. The van der Waals surface area contributed by atoms with E-state index in [-0.39, 0.29) is 0 Å². The summed E-state index contributed by atoms with van der Waals surface area (Å²) in [6.45, 7) is 0. The van der Waals surface area contributed by atoms with Gasteiger partial charge in [-0.2, -0.15) is 0 Å². The number of Topliss-reactive ketones (excluding diaryl/α,β-unsaturated/α-hetero) is 1. The molecule has 0 aliphatic rings. The maximum atomic E-state index is 13.9. The highest BCUT2D eigenvalue weighted by atomic mass is 19.1. The Labute approximate surface area is 127 Å². The number of hydrogen-bond acceptors (Lipinski definition) is 3. The Morgan fingerprint density at radius 3 is 2.09 bits per heavy atom. The molecule has 0 heterocycles. The molecule has 0 radical (unpaired) electrons. The Morgan fingerprint density at radius 1 is 1.04 bits per heavy atom. The molecule has 2 aromatic rings. The van der Waals surface area contributed by atoms with Crippen molar-refractivity contribution in [2.45, 2.75) is 5.92 Å². The molecule has 0 amide bonds. The molecule has 2 rings (SSSR count). The number of rotatable bonds is 4. The van der Waals surface area contributed by atoms with Gasteiger partial charge in [0.1, 0.15) is 40.8 Å². The van der Waals surface area contributed by atoms with Crippen molar-refractivity contribution in [2.24, 2.45) is 5.73 Å². The molecule has 4 N–H and O–H groups in total.